The number of carbonyl (C=O) groups is 1. The molecule has 1 aromatic heterocycles. The fraction of sp³-hybridized carbons (Fsp3) is 0.250. The number of rotatable bonds is 4. The quantitative estimate of drug-likeness (QED) is 0.839. The highest BCUT2D eigenvalue weighted by atomic mass is 16.6. The number of benzene rings is 1. The second kappa shape index (κ2) is 5.31. The molecule has 94 valence electrons. The monoisotopic (exact) mass is 246 g/mol. The van der Waals surface area contributed by atoms with E-state index in [1.807, 2.05) is 37.3 Å². The van der Waals surface area contributed by atoms with Crippen LogP contribution in [0.2, 0.25) is 0 Å². The summed E-state index contributed by atoms with van der Waals surface area (Å²) in [6.07, 6.45) is 0.734. The van der Waals surface area contributed by atoms with Crippen molar-refractivity contribution >= 4 is 11.7 Å². The van der Waals surface area contributed by atoms with E-state index >= 15 is 0 Å². The lowest BCUT2D eigenvalue weighted by molar-refractivity contribution is 0.0931. The van der Waals surface area contributed by atoms with Crippen LogP contribution in [0.5, 0.6) is 0 Å². The van der Waals surface area contributed by atoms with Gasteiger partial charge in [0.15, 0.2) is 0 Å². The number of hydrogen-bond donors (Lipinski definition) is 2. The summed E-state index contributed by atoms with van der Waals surface area (Å²) < 4.78 is 4.38. The van der Waals surface area contributed by atoms with Crippen LogP contribution in [0.1, 0.15) is 23.0 Å². The lowest BCUT2D eigenvalue weighted by Crippen LogP contribution is -2.34. The van der Waals surface area contributed by atoms with Crippen LogP contribution < -0.4 is 11.1 Å². The average molecular weight is 246 g/mol. The van der Waals surface area contributed by atoms with Crippen molar-refractivity contribution in [3.63, 3.8) is 0 Å². The fourth-order valence-corrected chi connectivity index (χ4v) is 1.66. The zero-order valence-corrected chi connectivity index (χ0v) is 9.96. The maximum Gasteiger partial charge on any atom is 0.277 e. The molecule has 0 radical (unpaired) electrons. The Kier molecular flexibility index (Phi) is 3.57. The van der Waals surface area contributed by atoms with E-state index in [1.165, 1.54) is 0 Å². The molecule has 18 heavy (non-hydrogen) atoms. The number of anilines is 1. The van der Waals surface area contributed by atoms with Crippen molar-refractivity contribution in [1.82, 2.24) is 15.6 Å². The van der Waals surface area contributed by atoms with Gasteiger partial charge in [-0.2, -0.15) is 0 Å². The van der Waals surface area contributed by atoms with E-state index in [1.54, 1.807) is 0 Å². The third-order valence-corrected chi connectivity index (χ3v) is 2.49. The van der Waals surface area contributed by atoms with Crippen molar-refractivity contribution in [2.24, 2.45) is 0 Å². The van der Waals surface area contributed by atoms with Crippen molar-refractivity contribution < 1.29 is 9.42 Å². The van der Waals surface area contributed by atoms with E-state index in [2.05, 4.69) is 20.3 Å². The predicted octanol–water partition coefficient (Wildman–Crippen LogP) is 1.01. The SMILES string of the molecule is CC(Cc1ccccc1)NC(=O)c1nonc1N. The first kappa shape index (κ1) is 12.1. The highest BCUT2D eigenvalue weighted by Gasteiger charge is 2.17. The van der Waals surface area contributed by atoms with E-state index in [9.17, 15) is 4.79 Å². The molecule has 0 saturated carbocycles. The number of nitrogen functional groups attached to an aromatic ring is 1. The summed E-state index contributed by atoms with van der Waals surface area (Å²) in [5.74, 6) is -0.378. The molecule has 0 fully saturated rings. The fourth-order valence-electron chi connectivity index (χ4n) is 1.66. The molecule has 0 bridgehead atoms. The first-order valence-electron chi connectivity index (χ1n) is 5.59. The normalized spacial score (nSPS) is 12.1. The topological polar surface area (TPSA) is 94.0 Å². The largest absolute Gasteiger partial charge is 0.379 e. The Bertz CT molecular complexity index is 524. The number of carbonyl (C=O) groups excluding carboxylic acids is 1. The van der Waals surface area contributed by atoms with Crippen molar-refractivity contribution in [3.05, 3.63) is 41.6 Å². The molecule has 0 saturated heterocycles. The molecule has 1 heterocycles. The molecule has 0 aliphatic heterocycles. The third kappa shape index (κ3) is 2.85. The zero-order valence-electron chi connectivity index (χ0n) is 9.96. The Balaban J connectivity index is 1.94. The summed E-state index contributed by atoms with van der Waals surface area (Å²) in [4.78, 5) is 11.8. The molecule has 2 rings (SSSR count). The molecule has 2 aromatic rings. The van der Waals surface area contributed by atoms with Gasteiger partial charge in [-0.15, -0.1) is 0 Å². The van der Waals surface area contributed by atoms with Gasteiger partial charge in [0, 0.05) is 6.04 Å². The molecular weight excluding hydrogens is 232 g/mol. The van der Waals surface area contributed by atoms with Crippen LogP contribution in [-0.4, -0.2) is 22.3 Å². The highest BCUT2D eigenvalue weighted by Crippen LogP contribution is 2.06. The highest BCUT2D eigenvalue weighted by molar-refractivity contribution is 5.96. The van der Waals surface area contributed by atoms with Crippen LogP contribution in [0.4, 0.5) is 5.82 Å². The van der Waals surface area contributed by atoms with E-state index in [0.29, 0.717) is 0 Å². The van der Waals surface area contributed by atoms with Crippen LogP contribution >= 0.6 is 0 Å². The van der Waals surface area contributed by atoms with Gasteiger partial charge in [0.2, 0.25) is 11.5 Å². The van der Waals surface area contributed by atoms with Gasteiger partial charge in [0.25, 0.3) is 5.91 Å². The standard InChI is InChI=1S/C12H14N4O2/c1-8(7-9-5-3-2-4-6-9)14-12(17)10-11(13)16-18-15-10/h2-6,8H,7H2,1H3,(H2,13,16)(H,14,17). The molecule has 6 heteroatoms. The molecule has 1 unspecified atom stereocenters. The van der Waals surface area contributed by atoms with Gasteiger partial charge in [-0.05, 0) is 29.2 Å². The number of nitrogens with one attached hydrogen (secondary N) is 1. The van der Waals surface area contributed by atoms with E-state index in [-0.39, 0.29) is 23.5 Å². The first-order valence-corrected chi connectivity index (χ1v) is 5.59. The molecule has 0 aliphatic rings. The van der Waals surface area contributed by atoms with Gasteiger partial charge in [0.1, 0.15) is 0 Å². The average Bonchev–Trinajstić information content (AvgIpc) is 2.76. The minimum Gasteiger partial charge on any atom is -0.379 e. The smallest absolute Gasteiger partial charge is 0.277 e. The van der Waals surface area contributed by atoms with Crippen molar-refractivity contribution in [2.45, 2.75) is 19.4 Å². The van der Waals surface area contributed by atoms with E-state index in [4.69, 9.17) is 5.73 Å². The Morgan fingerprint density at radius 1 is 1.39 bits per heavy atom. The third-order valence-electron chi connectivity index (χ3n) is 2.49. The molecular formula is C12H14N4O2. The van der Waals surface area contributed by atoms with Gasteiger partial charge >= 0.3 is 0 Å². The molecule has 0 aliphatic carbocycles. The first-order chi connectivity index (χ1) is 8.66. The van der Waals surface area contributed by atoms with Gasteiger partial charge in [0.05, 0.1) is 0 Å². The molecule has 1 aromatic carbocycles. The Labute approximate surface area is 104 Å². The number of aromatic nitrogens is 2. The summed E-state index contributed by atoms with van der Waals surface area (Å²) in [5, 5.41) is 9.60. The molecule has 6 nitrogen and oxygen atoms in total. The molecule has 1 amide bonds. The van der Waals surface area contributed by atoms with Crippen LogP contribution in [-0.2, 0) is 6.42 Å². The van der Waals surface area contributed by atoms with Crippen LogP contribution in [0, 0.1) is 0 Å². The molecule has 1 atom stereocenters. The van der Waals surface area contributed by atoms with E-state index < -0.39 is 0 Å². The predicted molar refractivity (Wildman–Crippen MR) is 65.8 cm³/mol. The number of nitrogens with two attached hydrogens (primary N) is 1. The summed E-state index contributed by atoms with van der Waals surface area (Å²) in [6, 6.07) is 9.86. The van der Waals surface area contributed by atoms with Crippen molar-refractivity contribution in [2.75, 3.05) is 5.73 Å². The molecule has 0 spiro atoms. The second-order valence-electron chi connectivity index (χ2n) is 4.06. The lowest BCUT2D eigenvalue weighted by atomic mass is 10.1. The summed E-state index contributed by atoms with van der Waals surface area (Å²) in [6.45, 7) is 1.91. The van der Waals surface area contributed by atoms with Gasteiger partial charge in [-0.1, -0.05) is 30.3 Å². The minimum absolute atomic E-state index is 0.000545. The Hall–Kier alpha value is -2.37. The maximum atomic E-state index is 11.8. The number of nitrogens with zero attached hydrogens (tertiary/aromatic N) is 2. The maximum absolute atomic E-state index is 11.8. The molecule has 3 N–H and O–H groups in total. The Morgan fingerprint density at radius 3 is 2.72 bits per heavy atom. The summed E-state index contributed by atoms with van der Waals surface area (Å²) >= 11 is 0. The zero-order chi connectivity index (χ0) is 13.0. The van der Waals surface area contributed by atoms with Gasteiger partial charge in [-0.25, -0.2) is 4.63 Å². The summed E-state index contributed by atoms with van der Waals surface area (Å²) in [7, 11) is 0. The Morgan fingerprint density at radius 2 is 2.11 bits per heavy atom. The lowest BCUT2D eigenvalue weighted by Gasteiger charge is -2.12. The van der Waals surface area contributed by atoms with Crippen molar-refractivity contribution in [3.8, 4) is 0 Å². The van der Waals surface area contributed by atoms with Crippen LogP contribution in [0.25, 0.3) is 0 Å². The van der Waals surface area contributed by atoms with Gasteiger partial charge < -0.3 is 11.1 Å². The van der Waals surface area contributed by atoms with Gasteiger partial charge in [-0.3, -0.25) is 4.79 Å². The van der Waals surface area contributed by atoms with Crippen molar-refractivity contribution in [1.29, 1.82) is 0 Å². The second-order valence-corrected chi connectivity index (χ2v) is 4.06. The number of hydrogen-bond acceptors (Lipinski definition) is 5. The minimum atomic E-state index is -0.378. The van der Waals surface area contributed by atoms with E-state index in [0.717, 1.165) is 12.0 Å². The number of amides is 1. The van der Waals surface area contributed by atoms with Crippen LogP contribution in [0.3, 0.4) is 0 Å². The van der Waals surface area contributed by atoms with Crippen LogP contribution in [0.15, 0.2) is 35.0 Å². The summed E-state index contributed by atoms with van der Waals surface area (Å²) in [5.41, 5.74) is 6.61.